The molecule has 1 aromatic rings. The van der Waals surface area contributed by atoms with E-state index in [9.17, 15) is 23.5 Å². The lowest BCUT2D eigenvalue weighted by atomic mass is 9.95. The van der Waals surface area contributed by atoms with Crippen LogP contribution in [0, 0.1) is 0 Å². The predicted octanol–water partition coefficient (Wildman–Crippen LogP) is 5.21. The molecule has 2 rings (SSSR count). The zero-order valence-corrected chi connectivity index (χ0v) is 17.3. The van der Waals surface area contributed by atoms with Gasteiger partial charge in [-0.2, -0.15) is 0 Å². The van der Waals surface area contributed by atoms with Crippen molar-refractivity contribution in [3.63, 3.8) is 0 Å². The summed E-state index contributed by atoms with van der Waals surface area (Å²) in [5, 5.41) is 9.61. The van der Waals surface area contributed by atoms with Gasteiger partial charge in [0.15, 0.2) is 0 Å². The molecule has 0 radical (unpaired) electrons. The number of aromatic carboxylic acids is 1. The lowest BCUT2D eigenvalue weighted by molar-refractivity contribution is -0.118. The fourth-order valence-electron chi connectivity index (χ4n) is 3.27. The fraction of sp³-hybridized carbons (Fsp3) is 0.600. The summed E-state index contributed by atoms with van der Waals surface area (Å²) in [6, 6.07) is 1.45. The predicted molar refractivity (Wildman–Crippen MR) is 106 cm³/mol. The Morgan fingerprint density at radius 1 is 1.46 bits per heavy atom. The third kappa shape index (κ3) is 5.17. The van der Waals surface area contributed by atoms with Crippen molar-refractivity contribution >= 4 is 34.5 Å². The van der Waals surface area contributed by atoms with E-state index < -0.39 is 18.0 Å². The summed E-state index contributed by atoms with van der Waals surface area (Å²) in [6.07, 6.45) is 0.877. The molecule has 0 fully saturated rings. The van der Waals surface area contributed by atoms with Crippen molar-refractivity contribution in [2.75, 3.05) is 18.6 Å². The van der Waals surface area contributed by atoms with Crippen molar-refractivity contribution in [3.8, 4) is 0 Å². The molecule has 0 aliphatic heterocycles. The van der Waals surface area contributed by atoms with Crippen LogP contribution >= 0.6 is 11.3 Å². The molecule has 0 saturated heterocycles. The summed E-state index contributed by atoms with van der Waals surface area (Å²) >= 11 is 0.826. The van der Waals surface area contributed by atoms with Crippen molar-refractivity contribution in [2.45, 2.75) is 64.6 Å². The van der Waals surface area contributed by atoms with Crippen LogP contribution in [0.5, 0.6) is 0 Å². The maximum absolute atomic E-state index is 14.3. The van der Waals surface area contributed by atoms with Crippen LogP contribution < -0.4 is 4.90 Å². The minimum Gasteiger partial charge on any atom is -0.477 e. The van der Waals surface area contributed by atoms with Gasteiger partial charge in [0.2, 0.25) is 5.91 Å². The number of alkyl halides is 1. The Balaban J connectivity index is 2.40. The smallest absolute Gasteiger partial charge is 0.348 e. The highest BCUT2D eigenvalue weighted by Gasteiger charge is 2.30. The van der Waals surface area contributed by atoms with E-state index in [0.717, 1.165) is 11.3 Å². The van der Waals surface area contributed by atoms with Gasteiger partial charge in [0.1, 0.15) is 16.9 Å². The van der Waals surface area contributed by atoms with E-state index in [1.807, 2.05) is 6.92 Å². The zero-order valence-electron chi connectivity index (χ0n) is 16.5. The molecule has 0 saturated carbocycles. The van der Waals surface area contributed by atoms with E-state index in [1.165, 1.54) is 11.0 Å². The Morgan fingerprint density at radius 3 is 2.75 bits per heavy atom. The lowest BCUT2D eigenvalue weighted by Crippen LogP contribution is -2.32. The van der Waals surface area contributed by atoms with E-state index in [4.69, 9.17) is 4.74 Å². The van der Waals surface area contributed by atoms with Gasteiger partial charge in [-0.25, -0.2) is 13.6 Å². The molecule has 1 aromatic heterocycles. The number of ether oxygens (including phenoxy) is 1. The number of amides is 1. The van der Waals surface area contributed by atoms with E-state index in [2.05, 4.69) is 0 Å². The van der Waals surface area contributed by atoms with Gasteiger partial charge >= 0.3 is 5.97 Å². The number of halogens is 2. The Kier molecular flexibility index (Phi) is 8.12. The summed E-state index contributed by atoms with van der Waals surface area (Å²) < 4.78 is 33.8. The van der Waals surface area contributed by atoms with Gasteiger partial charge in [0.25, 0.3) is 0 Å². The number of nitrogens with zero attached hydrogens (tertiary/aromatic N) is 1. The molecule has 28 heavy (non-hydrogen) atoms. The minimum atomic E-state index is -1.46. The van der Waals surface area contributed by atoms with E-state index in [1.54, 1.807) is 14.0 Å². The number of rotatable bonds is 9. The molecular formula is C20H27F2NO4S. The topological polar surface area (TPSA) is 66.8 Å². The Labute approximate surface area is 168 Å². The molecule has 1 amide bonds. The number of carbonyl (C=O) groups excluding carboxylic acids is 1. The van der Waals surface area contributed by atoms with Crippen LogP contribution in [0.25, 0.3) is 5.57 Å². The van der Waals surface area contributed by atoms with Crippen molar-refractivity contribution < 1.29 is 28.2 Å². The molecule has 2 unspecified atom stereocenters. The van der Waals surface area contributed by atoms with Crippen LogP contribution in [-0.4, -0.2) is 42.9 Å². The van der Waals surface area contributed by atoms with Gasteiger partial charge < -0.3 is 14.7 Å². The summed E-state index contributed by atoms with van der Waals surface area (Å²) in [6.45, 7) is 3.93. The van der Waals surface area contributed by atoms with E-state index in [-0.39, 0.29) is 52.3 Å². The van der Waals surface area contributed by atoms with Crippen molar-refractivity contribution in [1.82, 2.24) is 0 Å². The number of carbonyl (C=O) groups is 2. The highest BCUT2D eigenvalue weighted by Crippen LogP contribution is 2.42. The van der Waals surface area contributed by atoms with E-state index >= 15 is 0 Å². The third-order valence-electron chi connectivity index (χ3n) is 4.92. The van der Waals surface area contributed by atoms with Crippen molar-refractivity contribution in [1.29, 1.82) is 0 Å². The standard InChI is InChI=1S/C20H27F2NO4S/c1-4-17(24)23(10-6-7-12(2)27-3)15-11-16(28-19(15)20(25)26)18-13(21)8-5-9-14(18)22/h11-13H,4-10H2,1-3H3,(H,25,26). The van der Waals surface area contributed by atoms with Gasteiger partial charge in [-0.3, -0.25) is 4.79 Å². The Hall–Kier alpha value is -1.80. The van der Waals surface area contributed by atoms with Gasteiger partial charge in [0, 0.05) is 30.5 Å². The maximum atomic E-state index is 14.3. The zero-order chi connectivity index (χ0) is 20.8. The number of carboxylic acid groups (broad SMARTS) is 1. The maximum Gasteiger partial charge on any atom is 0.348 e. The SMILES string of the molecule is CCC(=O)N(CCCC(C)OC)c1cc(C2=C(F)CCCC2F)sc1C(=O)O. The normalized spacial score (nSPS) is 18.2. The summed E-state index contributed by atoms with van der Waals surface area (Å²) in [5.74, 6) is -1.98. The molecule has 1 N–H and O–H groups in total. The monoisotopic (exact) mass is 415 g/mol. The molecule has 1 aliphatic rings. The number of allylic oxidation sites excluding steroid dienone is 2. The molecule has 156 valence electrons. The number of hydrogen-bond acceptors (Lipinski definition) is 4. The summed E-state index contributed by atoms with van der Waals surface area (Å²) in [7, 11) is 1.60. The molecular weight excluding hydrogens is 388 g/mol. The second-order valence-electron chi connectivity index (χ2n) is 6.90. The number of methoxy groups -OCH3 is 1. The third-order valence-corrected chi connectivity index (χ3v) is 6.07. The molecule has 8 heteroatoms. The molecule has 5 nitrogen and oxygen atoms in total. The van der Waals surface area contributed by atoms with Crippen LogP contribution in [0.3, 0.4) is 0 Å². The first-order valence-corrected chi connectivity index (χ1v) is 10.3. The number of thiophene rings is 1. The van der Waals surface area contributed by atoms with Crippen LogP contribution in [0.1, 0.15) is 66.9 Å². The molecule has 1 aliphatic carbocycles. The lowest BCUT2D eigenvalue weighted by Gasteiger charge is -2.23. The van der Waals surface area contributed by atoms with Gasteiger partial charge in [-0.15, -0.1) is 11.3 Å². The Morgan fingerprint density at radius 2 is 2.18 bits per heavy atom. The molecule has 0 aromatic carbocycles. The summed E-state index contributed by atoms with van der Waals surface area (Å²) in [4.78, 5) is 25.9. The molecule has 0 bridgehead atoms. The quantitative estimate of drug-likeness (QED) is 0.601. The van der Waals surface area contributed by atoms with Crippen molar-refractivity contribution in [2.24, 2.45) is 0 Å². The first-order chi connectivity index (χ1) is 13.3. The van der Waals surface area contributed by atoms with Crippen LogP contribution in [0.4, 0.5) is 14.5 Å². The first-order valence-electron chi connectivity index (χ1n) is 9.53. The van der Waals surface area contributed by atoms with Gasteiger partial charge in [-0.1, -0.05) is 6.92 Å². The second-order valence-corrected chi connectivity index (χ2v) is 7.95. The fourth-order valence-corrected chi connectivity index (χ4v) is 4.37. The highest BCUT2D eigenvalue weighted by molar-refractivity contribution is 7.15. The van der Waals surface area contributed by atoms with Gasteiger partial charge in [0.05, 0.1) is 11.8 Å². The van der Waals surface area contributed by atoms with Crippen molar-refractivity contribution in [3.05, 3.63) is 21.6 Å². The number of carboxylic acids is 1. The average molecular weight is 416 g/mol. The van der Waals surface area contributed by atoms with E-state index in [0.29, 0.717) is 25.8 Å². The van der Waals surface area contributed by atoms with Crippen LogP contribution in [0.15, 0.2) is 11.9 Å². The Bertz CT molecular complexity index is 747. The van der Waals surface area contributed by atoms with Crippen LogP contribution in [0.2, 0.25) is 0 Å². The first kappa shape index (κ1) is 22.5. The van der Waals surface area contributed by atoms with Crippen LogP contribution in [-0.2, 0) is 9.53 Å². The second kappa shape index (κ2) is 10.1. The number of anilines is 1. The largest absolute Gasteiger partial charge is 0.477 e. The highest BCUT2D eigenvalue weighted by atomic mass is 32.1. The minimum absolute atomic E-state index is 0.0179. The number of hydrogen-bond donors (Lipinski definition) is 1. The summed E-state index contributed by atoms with van der Waals surface area (Å²) in [5.41, 5.74) is 0.143. The average Bonchev–Trinajstić information content (AvgIpc) is 3.09. The molecule has 2 atom stereocenters. The molecule has 1 heterocycles. The van der Waals surface area contributed by atoms with Gasteiger partial charge in [-0.05, 0) is 45.1 Å². The molecule has 0 spiro atoms.